The van der Waals surface area contributed by atoms with Gasteiger partial charge in [-0.2, -0.15) is 0 Å². The molecule has 1 aromatic carbocycles. The van der Waals surface area contributed by atoms with Crippen molar-refractivity contribution in [3.05, 3.63) is 29.3 Å². The van der Waals surface area contributed by atoms with E-state index in [0.717, 1.165) is 5.56 Å². The summed E-state index contributed by atoms with van der Waals surface area (Å²) in [5.74, 6) is 0.669. The summed E-state index contributed by atoms with van der Waals surface area (Å²) in [5.41, 5.74) is 7.44. The summed E-state index contributed by atoms with van der Waals surface area (Å²) in [7, 11) is 3.48. The number of hydrogen-bond donors (Lipinski definition) is 2. The summed E-state index contributed by atoms with van der Waals surface area (Å²) in [5, 5.41) is 2.87. The Morgan fingerprint density at radius 3 is 2.67 bits per heavy atom. The molecule has 1 amide bonds. The van der Waals surface area contributed by atoms with Crippen LogP contribution in [0.1, 0.15) is 25.0 Å². The van der Waals surface area contributed by atoms with Crippen molar-refractivity contribution in [3.63, 3.8) is 0 Å². The Kier molecular flexibility index (Phi) is 6.58. The zero-order valence-corrected chi connectivity index (χ0v) is 13.8. The van der Waals surface area contributed by atoms with Crippen LogP contribution in [0, 0.1) is 0 Å². The molecule has 6 heteroatoms. The Morgan fingerprint density at radius 1 is 1.48 bits per heavy atom. The lowest BCUT2D eigenvalue weighted by Crippen LogP contribution is -2.38. The number of ether oxygens (including phenoxy) is 1. The number of methoxy groups -OCH3 is 1. The third kappa shape index (κ3) is 5.69. The van der Waals surface area contributed by atoms with Crippen molar-refractivity contribution in [2.75, 3.05) is 20.7 Å². The van der Waals surface area contributed by atoms with Crippen molar-refractivity contribution in [2.45, 2.75) is 26.4 Å². The molecule has 1 rings (SSSR count). The van der Waals surface area contributed by atoms with Crippen molar-refractivity contribution in [1.29, 1.82) is 0 Å². The van der Waals surface area contributed by atoms with Gasteiger partial charge in [-0.25, -0.2) is 0 Å². The van der Waals surface area contributed by atoms with Crippen LogP contribution in [-0.2, 0) is 11.3 Å². The molecule has 0 heterocycles. The second kappa shape index (κ2) is 7.95. The number of carbonyl (C=O) groups is 1. The van der Waals surface area contributed by atoms with Crippen molar-refractivity contribution >= 4 is 23.1 Å². The number of benzene rings is 1. The van der Waals surface area contributed by atoms with Crippen molar-refractivity contribution in [1.82, 2.24) is 10.2 Å². The summed E-state index contributed by atoms with van der Waals surface area (Å²) in [4.78, 5) is 13.9. The molecule has 0 saturated heterocycles. The zero-order chi connectivity index (χ0) is 16.0. The summed E-state index contributed by atoms with van der Waals surface area (Å²) < 4.78 is 5.23. The molecule has 1 aromatic rings. The predicted molar refractivity (Wildman–Crippen MR) is 88.5 cm³/mol. The minimum Gasteiger partial charge on any atom is -0.496 e. The van der Waals surface area contributed by atoms with Crippen molar-refractivity contribution in [3.8, 4) is 5.75 Å². The first-order valence-electron chi connectivity index (χ1n) is 6.78. The molecule has 3 N–H and O–H groups in total. The van der Waals surface area contributed by atoms with Gasteiger partial charge in [-0.1, -0.05) is 18.3 Å². The Morgan fingerprint density at radius 2 is 2.14 bits per heavy atom. The summed E-state index contributed by atoms with van der Waals surface area (Å²) in [6.45, 7) is 4.85. The maximum atomic E-state index is 11.7. The number of nitrogens with two attached hydrogens (primary N) is 1. The fourth-order valence-electron chi connectivity index (χ4n) is 2.03. The average molecular weight is 309 g/mol. The van der Waals surface area contributed by atoms with Gasteiger partial charge in [-0.3, -0.25) is 9.69 Å². The van der Waals surface area contributed by atoms with Crippen molar-refractivity contribution in [2.24, 2.45) is 5.73 Å². The van der Waals surface area contributed by atoms with Gasteiger partial charge in [0.1, 0.15) is 10.7 Å². The van der Waals surface area contributed by atoms with Gasteiger partial charge in [0.05, 0.1) is 19.2 Å². The Hall–Kier alpha value is -1.66. The molecule has 5 nitrogen and oxygen atoms in total. The van der Waals surface area contributed by atoms with E-state index < -0.39 is 0 Å². The normalized spacial score (nSPS) is 10.8. The molecule has 0 aliphatic carbocycles. The third-order valence-electron chi connectivity index (χ3n) is 2.85. The first kappa shape index (κ1) is 17.4. The second-order valence-corrected chi connectivity index (χ2v) is 5.73. The number of nitrogens with zero attached hydrogens (tertiary/aromatic N) is 1. The van der Waals surface area contributed by atoms with Crippen LogP contribution in [0.4, 0.5) is 0 Å². The van der Waals surface area contributed by atoms with E-state index in [1.165, 1.54) is 0 Å². The van der Waals surface area contributed by atoms with E-state index in [1.54, 1.807) is 7.11 Å². The summed E-state index contributed by atoms with van der Waals surface area (Å²) >= 11 is 5.03. The molecule has 0 aromatic heterocycles. The Balaban J connectivity index is 2.72. The van der Waals surface area contributed by atoms with E-state index >= 15 is 0 Å². The van der Waals surface area contributed by atoms with Gasteiger partial charge in [-0.05, 0) is 38.6 Å². The fraction of sp³-hybridized carbons (Fsp3) is 0.467. The maximum absolute atomic E-state index is 11.7. The van der Waals surface area contributed by atoms with Gasteiger partial charge >= 0.3 is 0 Å². The molecule has 0 fully saturated rings. The molecule has 0 atom stereocenters. The monoisotopic (exact) mass is 309 g/mol. The summed E-state index contributed by atoms with van der Waals surface area (Å²) in [6, 6.07) is 5.83. The highest BCUT2D eigenvalue weighted by Gasteiger charge is 2.11. The first-order chi connectivity index (χ1) is 9.83. The SMILES string of the molecule is COc1ccc(CN(C)CC(=O)NC(C)C)cc1C(N)=S. The molecule has 0 spiro atoms. The molecule has 116 valence electrons. The molecular formula is C15H23N3O2S. The molecule has 0 aliphatic heterocycles. The van der Waals surface area contributed by atoms with E-state index in [9.17, 15) is 4.79 Å². The molecule has 21 heavy (non-hydrogen) atoms. The van der Waals surface area contributed by atoms with Gasteiger partial charge in [-0.15, -0.1) is 0 Å². The van der Waals surface area contributed by atoms with Crippen molar-refractivity contribution < 1.29 is 9.53 Å². The highest BCUT2D eigenvalue weighted by atomic mass is 32.1. The number of thiocarbonyl (C=S) groups is 1. The second-order valence-electron chi connectivity index (χ2n) is 5.29. The zero-order valence-electron chi connectivity index (χ0n) is 13.0. The van der Waals surface area contributed by atoms with Gasteiger partial charge < -0.3 is 15.8 Å². The quantitative estimate of drug-likeness (QED) is 0.743. The third-order valence-corrected chi connectivity index (χ3v) is 3.06. The topological polar surface area (TPSA) is 67.6 Å². The first-order valence-corrected chi connectivity index (χ1v) is 7.19. The number of hydrogen-bond acceptors (Lipinski definition) is 4. The van der Waals surface area contributed by atoms with Crippen LogP contribution >= 0.6 is 12.2 Å². The number of nitrogens with one attached hydrogen (secondary N) is 1. The standard InChI is InChI=1S/C15H23N3O2S/c1-10(2)17-14(19)9-18(3)8-11-5-6-13(20-4)12(7-11)15(16)21/h5-7,10H,8-9H2,1-4H3,(H2,16,21)(H,17,19). The molecular weight excluding hydrogens is 286 g/mol. The summed E-state index contributed by atoms with van der Waals surface area (Å²) in [6.07, 6.45) is 0. The van der Waals surface area contributed by atoms with E-state index in [2.05, 4.69) is 5.32 Å². The van der Waals surface area contributed by atoms with E-state index in [-0.39, 0.29) is 11.9 Å². The van der Waals surface area contributed by atoms with Crippen LogP contribution < -0.4 is 15.8 Å². The Bertz CT molecular complexity index is 518. The number of rotatable bonds is 7. The molecule has 0 aliphatic rings. The molecule has 0 radical (unpaired) electrons. The number of carbonyl (C=O) groups excluding carboxylic acids is 1. The molecule has 0 saturated carbocycles. The highest BCUT2D eigenvalue weighted by Crippen LogP contribution is 2.20. The largest absolute Gasteiger partial charge is 0.496 e. The lowest BCUT2D eigenvalue weighted by molar-refractivity contribution is -0.122. The predicted octanol–water partition coefficient (Wildman–Crippen LogP) is 1.29. The minimum absolute atomic E-state index is 0.00980. The minimum atomic E-state index is 0.00980. The lowest BCUT2D eigenvalue weighted by Gasteiger charge is -2.18. The average Bonchev–Trinajstić information content (AvgIpc) is 2.37. The fourth-order valence-corrected chi connectivity index (χ4v) is 2.19. The van der Waals surface area contributed by atoms with Crippen LogP contribution in [0.15, 0.2) is 18.2 Å². The van der Waals surface area contributed by atoms with Crippen LogP contribution in [0.3, 0.4) is 0 Å². The number of amides is 1. The lowest BCUT2D eigenvalue weighted by atomic mass is 10.1. The van der Waals surface area contributed by atoms with Gasteiger partial charge in [0.2, 0.25) is 5.91 Å². The van der Waals surface area contributed by atoms with E-state index in [1.807, 2.05) is 44.0 Å². The van der Waals surface area contributed by atoms with Crippen LogP contribution in [0.5, 0.6) is 5.75 Å². The van der Waals surface area contributed by atoms with Gasteiger partial charge in [0.15, 0.2) is 0 Å². The van der Waals surface area contributed by atoms with Gasteiger partial charge in [0, 0.05) is 12.6 Å². The smallest absolute Gasteiger partial charge is 0.234 e. The van der Waals surface area contributed by atoms with Crippen LogP contribution in [0.25, 0.3) is 0 Å². The Labute approximate surface area is 131 Å². The maximum Gasteiger partial charge on any atom is 0.234 e. The van der Waals surface area contributed by atoms with Crippen LogP contribution in [0.2, 0.25) is 0 Å². The van der Waals surface area contributed by atoms with E-state index in [4.69, 9.17) is 22.7 Å². The molecule has 0 unspecified atom stereocenters. The highest BCUT2D eigenvalue weighted by molar-refractivity contribution is 7.80. The number of likely N-dealkylation sites (N-methyl/N-ethyl adjacent to an activating group) is 1. The van der Waals surface area contributed by atoms with Crippen LogP contribution in [-0.4, -0.2) is 42.5 Å². The van der Waals surface area contributed by atoms with E-state index in [0.29, 0.717) is 29.4 Å². The van der Waals surface area contributed by atoms with Gasteiger partial charge in [0.25, 0.3) is 0 Å². The molecule has 0 bridgehead atoms.